The summed E-state index contributed by atoms with van der Waals surface area (Å²) in [6.07, 6.45) is 0. The molecule has 6 rings (SSSR count). The molecule has 2 N–H and O–H groups in total. The Morgan fingerprint density at radius 2 is 1.74 bits per heavy atom. The van der Waals surface area contributed by atoms with E-state index < -0.39 is 11.9 Å². The van der Waals surface area contributed by atoms with Gasteiger partial charge in [0.15, 0.2) is 11.5 Å². The van der Waals surface area contributed by atoms with Crippen molar-refractivity contribution in [3.63, 3.8) is 0 Å². The molecule has 1 unspecified atom stereocenters. The molecule has 0 saturated carbocycles. The van der Waals surface area contributed by atoms with E-state index in [1.54, 1.807) is 48.5 Å². The highest BCUT2D eigenvalue weighted by molar-refractivity contribution is 7.21. The highest BCUT2D eigenvalue weighted by Crippen LogP contribution is 2.46. The van der Waals surface area contributed by atoms with Crippen LogP contribution in [0.2, 0.25) is 20.1 Å². The average Bonchev–Trinajstić information content (AvgIpc) is 3.36. The summed E-state index contributed by atoms with van der Waals surface area (Å²) in [6.45, 7) is 2.57. The number of esters is 1. The Kier molecular flexibility index (Phi) is 9.23. The number of benzene rings is 4. The second-order valence-electron chi connectivity index (χ2n) is 10.1. The van der Waals surface area contributed by atoms with Gasteiger partial charge in [0, 0.05) is 31.8 Å². The molecule has 232 valence electrons. The molecular formula is C34H22Cl4N2O5S. The number of nitrogens with two attached hydrogens (primary N) is 1. The number of nitriles is 1. The summed E-state index contributed by atoms with van der Waals surface area (Å²) in [5, 5.41) is 12.2. The fourth-order valence-corrected chi connectivity index (χ4v) is 7.44. The number of allylic oxidation sites excluding steroid dienone is 1. The van der Waals surface area contributed by atoms with E-state index in [0.717, 1.165) is 22.5 Å². The SMILES string of the molecule is CCOc1cc(C2C(C#N)=C(N)Oc3cc(OC(=O)c4sc5cc(Cl)cc(Cl)c5c4Cl)ccc32)ccc1OCc1ccc(Cl)cc1. The lowest BCUT2D eigenvalue weighted by molar-refractivity contribution is 0.0740. The number of fused-ring (bicyclic) bond motifs is 2. The summed E-state index contributed by atoms with van der Waals surface area (Å²) in [6, 6.07) is 23.1. The standard InChI is InChI=1S/C34H22Cl4N2O5S/c1-2-42-27-11-18(5-10-25(27)43-16-17-3-6-19(35)7-4-17)29-22-9-8-21(14-26(22)45-33(40)23(29)15-39)44-34(41)32-31(38)30-24(37)12-20(36)13-28(30)46-32/h3-14,29H,2,16,40H2,1H3. The van der Waals surface area contributed by atoms with Crippen LogP contribution in [0.25, 0.3) is 10.1 Å². The zero-order chi connectivity index (χ0) is 32.5. The van der Waals surface area contributed by atoms with Crippen LogP contribution in [0.5, 0.6) is 23.0 Å². The predicted molar refractivity (Wildman–Crippen MR) is 181 cm³/mol. The molecule has 12 heteroatoms. The summed E-state index contributed by atoms with van der Waals surface area (Å²) in [5.74, 6) is 0.219. The normalized spacial score (nSPS) is 14.0. The number of ether oxygens (including phenoxy) is 4. The van der Waals surface area contributed by atoms with Gasteiger partial charge in [0.2, 0.25) is 5.88 Å². The van der Waals surface area contributed by atoms with E-state index in [-0.39, 0.29) is 27.1 Å². The van der Waals surface area contributed by atoms with Crippen LogP contribution in [0, 0.1) is 11.3 Å². The van der Waals surface area contributed by atoms with Crippen LogP contribution >= 0.6 is 57.7 Å². The first-order chi connectivity index (χ1) is 22.2. The van der Waals surface area contributed by atoms with E-state index in [1.165, 1.54) is 0 Å². The maximum atomic E-state index is 13.2. The molecule has 0 saturated heterocycles. The van der Waals surface area contributed by atoms with Gasteiger partial charge in [0.05, 0.1) is 22.6 Å². The fraction of sp³-hybridized carbons (Fsp3) is 0.118. The summed E-state index contributed by atoms with van der Waals surface area (Å²) in [5.41, 5.74) is 8.77. The second-order valence-corrected chi connectivity index (χ2v) is 12.8. The van der Waals surface area contributed by atoms with Gasteiger partial charge in [-0.3, -0.25) is 0 Å². The van der Waals surface area contributed by atoms with E-state index >= 15 is 0 Å². The lowest BCUT2D eigenvalue weighted by Crippen LogP contribution is -2.21. The van der Waals surface area contributed by atoms with Crippen molar-refractivity contribution in [2.24, 2.45) is 5.73 Å². The number of rotatable bonds is 8. The van der Waals surface area contributed by atoms with E-state index in [2.05, 4.69) is 6.07 Å². The molecule has 0 amide bonds. The minimum Gasteiger partial charge on any atom is -0.490 e. The summed E-state index contributed by atoms with van der Waals surface area (Å²) in [4.78, 5) is 13.4. The van der Waals surface area contributed by atoms with Crippen molar-refractivity contribution in [1.29, 1.82) is 5.26 Å². The van der Waals surface area contributed by atoms with Crippen molar-refractivity contribution in [3.05, 3.63) is 126 Å². The van der Waals surface area contributed by atoms with Crippen molar-refractivity contribution in [1.82, 2.24) is 0 Å². The number of hydrogen-bond acceptors (Lipinski definition) is 8. The van der Waals surface area contributed by atoms with Gasteiger partial charge in [-0.2, -0.15) is 5.26 Å². The van der Waals surface area contributed by atoms with Crippen LogP contribution in [0.4, 0.5) is 0 Å². The van der Waals surface area contributed by atoms with Crippen LogP contribution in [0.3, 0.4) is 0 Å². The molecule has 46 heavy (non-hydrogen) atoms. The van der Waals surface area contributed by atoms with Crippen LogP contribution in [-0.4, -0.2) is 12.6 Å². The highest BCUT2D eigenvalue weighted by Gasteiger charge is 2.32. The van der Waals surface area contributed by atoms with E-state index in [9.17, 15) is 10.1 Å². The minimum absolute atomic E-state index is 0.0661. The lowest BCUT2D eigenvalue weighted by Gasteiger charge is -2.27. The zero-order valence-electron chi connectivity index (χ0n) is 23.9. The van der Waals surface area contributed by atoms with Gasteiger partial charge < -0.3 is 24.7 Å². The first-order valence-electron chi connectivity index (χ1n) is 13.8. The zero-order valence-corrected chi connectivity index (χ0v) is 27.7. The Labute approximate surface area is 288 Å². The van der Waals surface area contributed by atoms with Gasteiger partial charge in [0.25, 0.3) is 0 Å². The molecule has 0 spiro atoms. The highest BCUT2D eigenvalue weighted by atomic mass is 35.5. The topological polar surface area (TPSA) is 104 Å². The molecule has 2 heterocycles. The molecule has 7 nitrogen and oxygen atoms in total. The van der Waals surface area contributed by atoms with Gasteiger partial charge in [-0.1, -0.05) is 70.7 Å². The molecule has 1 aliphatic heterocycles. The quantitative estimate of drug-likeness (QED) is 0.126. The third-order valence-electron chi connectivity index (χ3n) is 7.14. The molecule has 0 bridgehead atoms. The van der Waals surface area contributed by atoms with E-state index in [4.69, 9.17) is 71.1 Å². The second kappa shape index (κ2) is 13.3. The number of carbonyl (C=O) groups excluding carboxylic acids is 1. The predicted octanol–water partition coefficient (Wildman–Crippen LogP) is 9.93. The summed E-state index contributed by atoms with van der Waals surface area (Å²) >= 11 is 26.1. The van der Waals surface area contributed by atoms with Crippen LogP contribution < -0.4 is 24.7 Å². The van der Waals surface area contributed by atoms with Crippen molar-refractivity contribution in [2.75, 3.05) is 6.61 Å². The van der Waals surface area contributed by atoms with Gasteiger partial charge in [-0.15, -0.1) is 11.3 Å². The van der Waals surface area contributed by atoms with Crippen LogP contribution in [-0.2, 0) is 6.61 Å². The Morgan fingerprint density at radius 3 is 2.48 bits per heavy atom. The molecule has 0 radical (unpaired) electrons. The van der Waals surface area contributed by atoms with E-state index in [1.807, 2.05) is 31.2 Å². The molecule has 0 aliphatic carbocycles. The van der Waals surface area contributed by atoms with E-state index in [0.29, 0.717) is 61.2 Å². The molecular weight excluding hydrogens is 690 g/mol. The molecule has 4 aromatic carbocycles. The maximum absolute atomic E-state index is 13.2. The van der Waals surface area contributed by atoms with Gasteiger partial charge in [0.1, 0.15) is 34.6 Å². The first-order valence-corrected chi connectivity index (χ1v) is 16.1. The summed E-state index contributed by atoms with van der Waals surface area (Å²) in [7, 11) is 0. The Bertz CT molecular complexity index is 2070. The van der Waals surface area contributed by atoms with Crippen molar-refractivity contribution >= 4 is 73.8 Å². The number of carbonyl (C=O) groups is 1. The molecule has 1 aromatic heterocycles. The van der Waals surface area contributed by atoms with Crippen molar-refractivity contribution < 1.29 is 23.7 Å². The third kappa shape index (κ3) is 6.30. The Hall–Kier alpha value is -4.10. The average molecular weight is 712 g/mol. The molecule has 1 atom stereocenters. The molecule has 1 aliphatic rings. The monoisotopic (exact) mass is 710 g/mol. The van der Waals surface area contributed by atoms with Gasteiger partial charge in [-0.25, -0.2) is 4.79 Å². The minimum atomic E-state index is -0.678. The largest absolute Gasteiger partial charge is 0.490 e. The maximum Gasteiger partial charge on any atom is 0.355 e. The number of halogens is 4. The summed E-state index contributed by atoms with van der Waals surface area (Å²) < 4.78 is 24.2. The number of hydrogen-bond donors (Lipinski definition) is 1. The lowest BCUT2D eigenvalue weighted by atomic mass is 9.83. The van der Waals surface area contributed by atoms with Crippen LogP contribution in [0.15, 0.2) is 84.3 Å². The number of nitrogens with zero attached hydrogens (tertiary/aromatic N) is 1. The van der Waals surface area contributed by atoms with Crippen molar-refractivity contribution in [2.45, 2.75) is 19.4 Å². The fourth-order valence-electron chi connectivity index (χ4n) is 5.07. The first kappa shape index (κ1) is 31.9. The Balaban J connectivity index is 1.30. The van der Waals surface area contributed by atoms with Crippen LogP contribution in [0.1, 0.15) is 39.2 Å². The third-order valence-corrected chi connectivity index (χ3v) is 9.52. The number of thiophene rings is 1. The smallest absolute Gasteiger partial charge is 0.355 e. The van der Waals surface area contributed by atoms with Crippen molar-refractivity contribution in [3.8, 4) is 29.1 Å². The van der Waals surface area contributed by atoms with Gasteiger partial charge >= 0.3 is 5.97 Å². The van der Waals surface area contributed by atoms with Gasteiger partial charge in [-0.05, 0) is 60.5 Å². The molecule has 0 fully saturated rings. The Morgan fingerprint density at radius 1 is 0.957 bits per heavy atom. The molecule has 5 aromatic rings.